The van der Waals surface area contributed by atoms with Crippen LogP contribution in [-0.2, 0) is 16.6 Å². The lowest BCUT2D eigenvalue weighted by Gasteiger charge is -2.14. The zero-order valence-corrected chi connectivity index (χ0v) is 16.7. The van der Waals surface area contributed by atoms with Gasteiger partial charge in [0.05, 0.1) is 11.9 Å². The van der Waals surface area contributed by atoms with Crippen LogP contribution in [0.3, 0.4) is 0 Å². The van der Waals surface area contributed by atoms with Gasteiger partial charge in [-0.15, -0.1) is 0 Å². The highest BCUT2D eigenvalue weighted by molar-refractivity contribution is 5.91. The van der Waals surface area contributed by atoms with Crippen LogP contribution in [0.15, 0.2) is 65.6 Å². The first kappa shape index (κ1) is 20.2. The maximum Gasteiger partial charge on any atom is 0.401 e. The van der Waals surface area contributed by atoms with Gasteiger partial charge in [0.2, 0.25) is 5.91 Å². The minimum Gasteiger partial charge on any atom is -0.358 e. The average molecular weight is 438 g/mol. The number of rotatable bonds is 5. The standard InChI is InChI=1S/C23H17F3N4O2/c24-23(25,26)22(6-7-22)19-11-20(30-32-19)29-21(31)9-14-1-3-15(4-2-14)16-10-17-12-27-8-5-18(17)28-13-16/h1-5,8,10-13H,6-7,9H2,(H,29,30,31). The first-order valence-corrected chi connectivity index (χ1v) is 9.97. The van der Waals surface area contributed by atoms with Crippen LogP contribution in [-0.4, -0.2) is 27.2 Å². The van der Waals surface area contributed by atoms with Gasteiger partial charge in [-0.25, -0.2) is 0 Å². The fourth-order valence-electron chi connectivity index (χ4n) is 3.67. The minimum absolute atomic E-state index is 0.0204. The van der Waals surface area contributed by atoms with Gasteiger partial charge in [0, 0.05) is 35.6 Å². The van der Waals surface area contributed by atoms with Crippen molar-refractivity contribution in [3.8, 4) is 11.1 Å². The molecule has 1 aliphatic carbocycles. The molecule has 9 heteroatoms. The molecule has 32 heavy (non-hydrogen) atoms. The molecule has 1 amide bonds. The number of nitrogens with one attached hydrogen (secondary N) is 1. The second-order valence-corrected chi connectivity index (χ2v) is 7.87. The molecule has 5 rings (SSSR count). The van der Waals surface area contributed by atoms with E-state index in [1.54, 1.807) is 18.6 Å². The minimum atomic E-state index is -4.40. The van der Waals surface area contributed by atoms with E-state index in [4.69, 9.17) is 4.52 Å². The van der Waals surface area contributed by atoms with Crippen LogP contribution in [0.4, 0.5) is 19.0 Å². The summed E-state index contributed by atoms with van der Waals surface area (Å²) in [6.07, 6.45) is 0.803. The van der Waals surface area contributed by atoms with E-state index in [1.807, 2.05) is 36.4 Å². The SMILES string of the molecule is O=C(Cc1ccc(-c2cnc3ccncc3c2)cc1)Nc1cc(C2(C(F)(F)F)CC2)on1. The highest BCUT2D eigenvalue weighted by Crippen LogP contribution is 2.59. The summed E-state index contributed by atoms with van der Waals surface area (Å²) >= 11 is 0. The van der Waals surface area contributed by atoms with Crippen LogP contribution in [0.5, 0.6) is 0 Å². The fourth-order valence-corrected chi connectivity index (χ4v) is 3.67. The topological polar surface area (TPSA) is 80.9 Å². The summed E-state index contributed by atoms with van der Waals surface area (Å²) in [5, 5.41) is 7.01. The first-order valence-electron chi connectivity index (χ1n) is 9.97. The van der Waals surface area contributed by atoms with Crippen molar-refractivity contribution in [1.29, 1.82) is 0 Å². The van der Waals surface area contributed by atoms with Crippen molar-refractivity contribution >= 4 is 22.6 Å². The van der Waals surface area contributed by atoms with E-state index in [1.165, 1.54) is 0 Å². The van der Waals surface area contributed by atoms with Gasteiger partial charge >= 0.3 is 6.18 Å². The number of anilines is 1. The highest BCUT2D eigenvalue weighted by atomic mass is 19.4. The molecular weight excluding hydrogens is 421 g/mol. The number of alkyl halides is 3. The van der Waals surface area contributed by atoms with Crippen LogP contribution in [0.2, 0.25) is 0 Å². The molecule has 0 atom stereocenters. The molecule has 3 aromatic heterocycles. The molecule has 1 saturated carbocycles. The molecule has 0 radical (unpaired) electrons. The smallest absolute Gasteiger partial charge is 0.358 e. The Hall–Kier alpha value is -3.75. The summed E-state index contributed by atoms with van der Waals surface area (Å²) < 4.78 is 44.4. The Labute approximate surface area is 180 Å². The third-order valence-electron chi connectivity index (χ3n) is 5.68. The van der Waals surface area contributed by atoms with Crippen LogP contribution >= 0.6 is 0 Å². The molecule has 6 nitrogen and oxygen atoms in total. The Kier molecular flexibility index (Phi) is 4.69. The third kappa shape index (κ3) is 3.70. The molecule has 0 bridgehead atoms. The molecule has 0 unspecified atom stereocenters. The third-order valence-corrected chi connectivity index (χ3v) is 5.68. The van der Waals surface area contributed by atoms with Crippen molar-refractivity contribution in [2.24, 2.45) is 0 Å². The molecule has 1 fully saturated rings. The normalized spacial score (nSPS) is 15.0. The quantitative estimate of drug-likeness (QED) is 0.471. The molecule has 1 N–H and O–H groups in total. The van der Waals surface area contributed by atoms with Crippen LogP contribution < -0.4 is 5.32 Å². The number of halogens is 3. The predicted octanol–water partition coefficient (Wildman–Crippen LogP) is 5.06. The highest BCUT2D eigenvalue weighted by Gasteiger charge is 2.66. The number of hydrogen-bond donors (Lipinski definition) is 1. The van der Waals surface area contributed by atoms with Gasteiger partial charge in [-0.2, -0.15) is 13.2 Å². The van der Waals surface area contributed by atoms with Crippen molar-refractivity contribution in [2.45, 2.75) is 30.9 Å². The molecule has 4 aromatic rings. The van der Waals surface area contributed by atoms with Crippen molar-refractivity contribution in [3.05, 3.63) is 72.4 Å². The van der Waals surface area contributed by atoms with Crippen molar-refractivity contribution in [1.82, 2.24) is 15.1 Å². The summed E-state index contributed by atoms with van der Waals surface area (Å²) in [7, 11) is 0. The maximum absolute atomic E-state index is 13.2. The number of carbonyl (C=O) groups is 1. The number of carbonyl (C=O) groups excluding carboxylic acids is 1. The summed E-state index contributed by atoms with van der Waals surface area (Å²) in [4.78, 5) is 20.9. The van der Waals surface area contributed by atoms with Gasteiger partial charge in [-0.05, 0) is 36.1 Å². The van der Waals surface area contributed by atoms with Crippen molar-refractivity contribution in [3.63, 3.8) is 0 Å². The number of benzene rings is 1. The number of amides is 1. The number of hydrogen-bond acceptors (Lipinski definition) is 5. The Balaban J connectivity index is 1.24. The summed E-state index contributed by atoms with van der Waals surface area (Å²) in [5.74, 6) is -0.676. The second-order valence-electron chi connectivity index (χ2n) is 7.87. The van der Waals surface area contributed by atoms with E-state index in [2.05, 4.69) is 20.4 Å². The Morgan fingerprint density at radius 3 is 2.56 bits per heavy atom. The number of nitrogens with zero attached hydrogens (tertiary/aromatic N) is 3. The number of fused-ring (bicyclic) bond motifs is 1. The molecule has 1 aromatic carbocycles. The fraction of sp³-hybridized carbons (Fsp3) is 0.217. The molecule has 1 aliphatic rings. The van der Waals surface area contributed by atoms with Gasteiger partial charge in [0.15, 0.2) is 11.6 Å². The van der Waals surface area contributed by atoms with Crippen molar-refractivity contribution in [2.75, 3.05) is 5.32 Å². The zero-order chi connectivity index (χ0) is 22.3. The zero-order valence-electron chi connectivity index (χ0n) is 16.7. The lowest BCUT2D eigenvalue weighted by atomic mass is 10.0. The monoisotopic (exact) mass is 438 g/mol. The summed E-state index contributed by atoms with van der Waals surface area (Å²) in [5.41, 5.74) is 1.51. The second kappa shape index (κ2) is 7.44. The Morgan fingerprint density at radius 2 is 1.84 bits per heavy atom. The van der Waals surface area contributed by atoms with E-state index in [-0.39, 0.29) is 30.8 Å². The molecule has 0 aliphatic heterocycles. The summed E-state index contributed by atoms with van der Waals surface area (Å²) in [6, 6.07) is 12.4. The molecule has 0 saturated heterocycles. The van der Waals surface area contributed by atoms with E-state index in [0.29, 0.717) is 0 Å². The molecule has 162 valence electrons. The van der Waals surface area contributed by atoms with Crippen LogP contribution in [0.1, 0.15) is 24.2 Å². The van der Waals surface area contributed by atoms with E-state index < -0.39 is 17.5 Å². The van der Waals surface area contributed by atoms with E-state index in [9.17, 15) is 18.0 Å². The molecule has 0 spiro atoms. The van der Waals surface area contributed by atoms with Gasteiger partial charge < -0.3 is 9.84 Å². The average Bonchev–Trinajstić information content (AvgIpc) is 3.48. The number of pyridine rings is 2. The largest absolute Gasteiger partial charge is 0.401 e. The van der Waals surface area contributed by atoms with Crippen LogP contribution in [0, 0.1) is 0 Å². The van der Waals surface area contributed by atoms with Gasteiger partial charge in [-0.3, -0.25) is 14.8 Å². The lowest BCUT2D eigenvalue weighted by Crippen LogP contribution is -2.28. The Morgan fingerprint density at radius 1 is 1.06 bits per heavy atom. The Bertz CT molecular complexity index is 1290. The molecular formula is C23H17F3N4O2. The van der Waals surface area contributed by atoms with Gasteiger partial charge in [-0.1, -0.05) is 29.4 Å². The maximum atomic E-state index is 13.2. The lowest BCUT2D eigenvalue weighted by molar-refractivity contribution is -0.165. The van der Waals surface area contributed by atoms with Crippen molar-refractivity contribution < 1.29 is 22.5 Å². The van der Waals surface area contributed by atoms with E-state index in [0.717, 1.165) is 33.7 Å². The molecule has 3 heterocycles. The predicted molar refractivity (Wildman–Crippen MR) is 111 cm³/mol. The summed E-state index contributed by atoms with van der Waals surface area (Å²) in [6.45, 7) is 0. The van der Waals surface area contributed by atoms with Crippen LogP contribution in [0.25, 0.3) is 22.0 Å². The number of aromatic nitrogens is 3. The first-order chi connectivity index (χ1) is 15.3. The van der Waals surface area contributed by atoms with Gasteiger partial charge in [0.25, 0.3) is 0 Å². The van der Waals surface area contributed by atoms with Gasteiger partial charge in [0.1, 0.15) is 5.41 Å². The van der Waals surface area contributed by atoms with E-state index >= 15 is 0 Å².